The summed E-state index contributed by atoms with van der Waals surface area (Å²) >= 11 is 0. The number of rotatable bonds is 6. The average molecular weight is 249 g/mol. The lowest BCUT2D eigenvalue weighted by Crippen LogP contribution is -2.14. The number of benzene rings is 1. The standard InChI is InChI=1S/C13H15NO4/c15-9-11-8-12(14(16)17)4-5-13(11)18-7-6-10-2-1-3-10/h4-5,8-10H,1-3,6-7H2. The summed E-state index contributed by atoms with van der Waals surface area (Å²) in [4.78, 5) is 20.9. The van der Waals surface area contributed by atoms with Gasteiger partial charge in [0.15, 0.2) is 6.29 Å². The third-order valence-electron chi connectivity index (χ3n) is 3.34. The second-order valence-corrected chi connectivity index (χ2v) is 4.53. The van der Waals surface area contributed by atoms with Crippen LogP contribution in [-0.2, 0) is 0 Å². The van der Waals surface area contributed by atoms with Crippen molar-refractivity contribution in [2.24, 2.45) is 5.92 Å². The summed E-state index contributed by atoms with van der Waals surface area (Å²) in [5, 5.41) is 10.6. The Morgan fingerprint density at radius 3 is 2.78 bits per heavy atom. The fourth-order valence-corrected chi connectivity index (χ4v) is 1.99. The predicted molar refractivity (Wildman–Crippen MR) is 65.9 cm³/mol. The highest BCUT2D eigenvalue weighted by Gasteiger charge is 2.17. The van der Waals surface area contributed by atoms with E-state index in [0.717, 1.165) is 12.3 Å². The number of hydrogen-bond donors (Lipinski definition) is 0. The molecule has 1 fully saturated rings. The summed E-state index contributed by atoms with van der Waals surface area (Å²) in [5.74, 6) is 1.16. The molecule has 0 heterocycles. The molecule has 1 aromatic rings. The minimum absolute atomic E-state index is 0.0940. The fraction of sp³-hybridized carbons (Fsp3) is 0.462. The second kappa shape index (κ2) is 5.62. The molecule has 0 aromatic heterocycles. The normalized spacial score (nSPS) is 14.9. The number of carbonyl (C=O) groups is 1. The van der Waals surface area contributed by atoms with Gasteiger partial charge < -0.3 is 4.74 Å². The number of non-ortho nitro benzene ring substituents is 1. The van der Waals surface area contributed by atoms with Crippen LogP contribution in [-0.4, -0.2) is 17.8 Å². The van der Waals surface area contributed by atoms with Crippen LogP contribution in [0.5, 0.6) is 5.75 Å². The quantitative estimate of drug-likeness (QED) is 0.441. The van der Waals surface area contributed by atoms with Gasteiger partial charge in [-0.2, -0.15) is 0 Å². The molecule has 0 saturated heterocycles. The molecule has 1 aromatic carbocycles. The van der Waals surface area contributed by atoms with Crippen molar-refractivity contribution in [1.29, 1.82) is 0 Å². The van der Waals surface area contributed by atoms with Gasteiger partial charge in [-0.3, -0.25) is 14.9 Å². The molecule has 0 unspecified atom stereocenters. The van der Waals surface area contributed by atoms with Crippen molar-refractivity contribution in [3.8, 4) is 5.75 Å². The van der Waals surface area contributed by atoms with Crippen molar-refractivity contribution < 1.29 is 14.5 Å². The van der Waals surface area contributed by atoms with Crippen molar-refractivity contribution >= 4 is 12.0 Å². The number of ether oxygens (including phenoxy) is 1. The van der Waals surface area contributed by atoms with E-state index in [2.05, 4.69) is 0 Å². The highest BCUT2D eigenvalue weighted by molar-refractivity contribution is 5.80. The smallest absolute Gasteiger partial charge is 0.270 e. The maximum Gasteiger partial charge on any atom is 0.270 e. The van der Waals surface area contributed by atoms with Gasteiger partial charge in [-0.15, -0.1) is 0 Å². The first kappa shape index (κ1) is 12.5. The van der Waals surface area contributed by atoms with Crippen molar-refractivity contribution in [3.05, 3.63) is 33.9 Å². The summed E-state index contributed by atoms with van der Waals surface area (Å²) < 4.78 is 5.52. The van der Waals surface area contributed by atoms with Crippen LogP contribution in [0.2, 0.25) is 0 Å². The Kier molecular flexibility index (Phi) is 3.92. The molecule has 96 valence electrons. The van der Waals surface area contributed by atoms with E-state index in [1.165, 1.54) is 37.5 Å². The molecular formula is C13H15NO4. The van der Waals surface area contributed by atoms with Crippen LogP contribution in [0.15, 0.2) is 18.2 Å². The van der Waals surface area contributed by atoms with Crippen LogP contribution in [0.25, 0.3) is 0 Å². The van der Waals surface area contributed by atoms with E-state index in [0.29, 0.717) is 18.6 Å². The summed E-state index contributed by atoms with van der Waals surface area (Å²) in [6.07, 6.45) is 5.37. The molecule has 0 aliphatic heterocycles. The molecular weight excluding hydrogens is 234 g/mol. The van der Waals surface area contributed by atoms with Crippen molar-refractivity contribution in [2.75, 3.05) is 6.61 Å². The summed E-state index contributed by atoms with van der Waals surface area (Å²) in [6.45, 7) is 0.559. The number of carbonyl (C=O) groups excluding carboxylic acids is 1. The molecule has 0 amide bonds. The third kappa shape index (κ3) is 2.85. The molecule has 0 bridgehead atoms. The van der Waals surface area contributed by atoms with Crippen molar-refractivity contribution in [3.63, 3.8) is 0 Å². The first-order chi connectivity index (χ1) is 8.70. The minimum Gasteiger partial charge on any atom is -0.493 e. The van der Waals surface area contributed by atoms with E-state index < -0.39 is 4.92 Å². The van der Waals surface area contributed by atoms with Gasteiger partial charge in [-0.25, -0.2) is 0 Å². The van der Waals surface area contributed by atoms with Gasteiger partial charge in [-0.05, 0) is 18.4 Å². The lowest BCUT2D eigenvalue weighted by Gasteiger charge is -2.25. The summed E-state index contributed by atoms with van der Waals surface area (Å²) in [5.41, 5.74) is 0.140. The topological polar surface area (TPSA) is 69.4 Å². The maximum atomic E-state index is 10.9. The molecule has 0 atom stereocenters. The highest BCUT2D eigenvalue weighted by Crippen LogP contribution is 2.30. The number of nitro groups is 1. The first-order valence-electron chi connectivity index (χ1n) is 6.07. The molecule has 5 heteroatoms. The van der Waals surface area contributed by atoms with Crippen LogP contribution in [0.3, 0.4) is 0 Å². The first-order valence-corrected chi connectivity index (χ1v) is 6.07. The van der Waals surface area contributed by atoms with Gasteiger partial charge in [0.05, 0.1) is 17.1 Å². The van der Waals surface area contributed by atoms with Crippen LogP contribution < -0.4 is 4.74 Å². The van der Waals surface area contributed by atoms with Crippen LogP contribution in [0.4, 0.5) is 5.69 Å². The number of aldehydes is 1. The van der Waals surface area contributed by atoms with Gasteiger partial charge >= 0.3 is 0 Å². The second-order valence-electron chi connectivity index (χ2n) is 4.53. The Labute approximate surface area is 105 Å². The minimum atomic E-state index is -0.523. The zero-order valence-electron chi connectivity index (χ0n) is 10.0. The van der Waals surface area contributed by atoms with E-state index >= 15 is 0 Å². The molecule has 1 aliphatic rings. The largest absolute Gasteiger partial charge is 0.493 e. The molecule has 5 nitrogen and oxygen atoms in total. The lowest BCUT2D eigenvalue weighted by molar-refractivity contribution is -0.384. The Morgan fingerprint density at radius 1 is 1.44 bits per heavy atom. The van der Waals surface area contributed by atoms with Crippen LogP contribution in [0.1, 0.15) is 36.0 Å². The van der Waals surface area contributed by atoms with Gasteiger partial charge in [0.25, 0.3) is 5.69 Å². The zero-order valence-corrected chi connectivity index (χ0v) is 10.0. The van der Waals surface area contributed by atoms with Gasteiger partial charge in [0.1, 0.15) is 5.75 Å². The Balaban J connectivity index is 1.97. The molecule has 0 radical (unpaired) electrons. The van der Waals surface area contributed by atoms with E-state index in [9.17, 15) is 14.9 Å². The summed E-state index contributed by atoms with van der Waals surface area (Å²) in [6, 6.07) is 4.08. The zero-order chi connectivity index (χ0) is 13.0. The maximum absolute atomic E-state index is 10.9. The highest BCUT2D eigenvalue weighted by atomic mass is 16.6. The SMILES string of the molecule is O=Cc1cc([N+](=O)[O-])ccc1OCCC1CCC1. The average Bonchev–Trinajstić information content (AvgIpc) is 2.32. The fourth-order valence-electron chi connectivity index (χ4n) is 1.99. The van der Waals surface area contributed by atoms with Crippen LogP contribution in [0, 0.1) is 16.0 Å². The van der Waals surface area contributed by atoms with Gasteiger partial charge in [-0.1, -0.05) is 19.3 Å². The number of hydrogen-bond acceptors (Lipinski definition) is 4. The lowest BCUT2D eigenvalue weighted by atomic mass is 9.83. The van der Waals surface area contributed by atoms with Gasteiger partial charge in [0.2, 0.25) is 0 Å². The molecule has 1 aliphatic carbocycles. The predicted octanol–water partition coefficient (Wildman–Crippen LogP) is 2.98. The van der Waals surface area contributed by atoms with Gasteiger partial charge in [0, 0.05) is 12.1 Å². The Hall–Kier alpha value is -1.91. The van der Waals surface area contributed by atoms with Crippen LogP contribution >= 0.6 is 0 Å². The Morgan fingerprint density at radius 2 is 2.22 bits per heavy atom. The van der Waals surface area contributed by atoms with E-state index in [-0.39, 0.29) is 11.3 Å². The Bertz CT molecular complexity index is 454. The third-order valence-corrected chi connectivity index (χ3v) is 3.34. The van der Waals surface area contributed by atoms with Crippen molar-refractivity contribution in [1.82, 2.24) is 0 Å². The monoisotopic (exact) mass is 249 g/mol. The van der Waals surface area contributed by atoms with E-state index in [1.807, 2.05) is 0 Å². The molecule has 2 rings (SSSR count). The molecule has 18 heavy (non-hydrogen) atoms. The molecule has 0 N–H and O–H groups in total. The van der Waals surface area contributed by atoms with E-state index in [4.69, 9.17) is 4.74 Å². The number of nitro benzene ring substituents is 1. The number of nitrogens with zero attached hydrogens (tertiary/aromatic N) is 1. The van der Waals surface area contributed by atoms with E-state index in [1.54, 1.807) is 0 Å². The molecule has 1 saturated carbocycles. The van der Waals surface area contributed by atoms with Crippen molar-refractivity contribution in [2.45, 2.75) is 25.7 Å². The summed E-state index contributed by atoms with van der Waals surface area (Å²) in [7, 11) is 0. The molecule has 0 spiro atoms.